The van der Waals surface area contributed by atoms with E-state index < -0.39 is 0 Å². The van der Waals surface area contributed by atoms with E-state index in [1.807, 2.05) is 40.7 Å². The number of hydrogen-bond acceptors (Lipinski definition) is 4. The highest BCUT2D eigenvalue weighted by molar-refractivity contribution is 7.16. The third-order valence-corrected chi connectivity index (χ3v) is 6.24. The maximum Gasteiger partial charge on any atom is 0.325 e. The normalized spacial score (nSPS) is 11.9. The summed E-state index contributed by atoms with van der Waals surface area (Å²) in [4.78, 5) is 29.7. The smallest absolute Gasteiger partial charge is 0.325 e. The molecule has 0 spiro atoms. The molecule has 0 aliphatic rings. The van der Waals surface area contributed by atoms with E-state index in [9.17, 15) is 9.59 Å². The molecule has 1 heterocycles. The molecule has 5 nitrogen and oxygen atoms in total. The molecule has 2 aromatic carbocycles. The Balaban J connectivity index is 2.08. The number of aromatic nitrogens is 1. The van der Waals surface area contributed by atoms with Gasteiger partial charge in [0.15, 0.2) is 4.80 Å². The Morgan fingerprint density at radius 1 is 0.966 bits per heavy atom. The summed E-state index contributed by atoms with van der Waals surface area (Å²) in [7, 11) is 1.36. The van der Waals surface area contributed by atoms with Gasteiger partial charge in [0.1, 0.15) is 6.54 Å². The number of rotatable bonds is 4. The molecule has 0 aliphatic carbocycles. The second-order valence-electron chi connectivity index (χ2n) is 7.51. The Hall–Kier alpha value is -2.73. The minimum atomic E-state index is -0.373. The van der Waals surface area contributed by atoms with Gasteiger partial charge in [-0.15, -0.1) is 0 Å². The predicted molar refractivity (Wildman–Crippen MR) is 116 cm³/mol. The van der Waals surface area contributed by atoms with Crippen LogP contribution in [0.3, 0.4) is 0 Å². The summed E-state index contributed by atoms with van der Waals surface area (Å²) in [6.45, 7) is 10.2. The first kappa shape index (κ1) is 21.0. The van der Waals surface area contributed by atoms with Crippen molar-refractivity contribution in [3.63, 3.8) is 0 Å². The average molecular weight is 411 g/mol. The third kappa shape index (κ3) is 4.48. The van der Waals surface area contributed by atoms with E-state index in [1.54, 1.807) is 4.57 Å². The Bertz CT molecular complexity index is 1160. The zero-order chi connectivity index (χ0) is 21.3. The van der Waals surface area contributed by atoms with Crippen LogP contribution in [0.15, 0.2) is 29.3 Å². The quantitative estimate of drug-likeness (QED) is 0.609. The standard InChI is InChI=1S/C23H26N2O3S/c1-13-7-16(4)18(17(5)8-13)11-21(26)24-23-25(12-22(27)28-6)19-9-14(2)15(3)10-20(19)29-23/h7-10H,11-12H2,1-6H3. The van der Waals surface area contributed by atoms with E-state index in [-0.39, 0.29) is 24.8 Å². The monoisotopic (exact) mass is 410 g/mol. The van der Waals surface area contributed by atoms with Crippen LogP contribution in [-0.2, 0) is 27.3 Å². The van der Waals surface area contributed by atoms with Crippen LogP contribution < -0.4 is 4.80 Å². The van der Waals surface area contributed by atoms with Crippen LogP contribution in [0.2, 0.25) is 0 Å². The van der Waals surface area contributed by atoms with Gasteiger partial charge in [0.2, 0.25) is 0 Å². The molecular formula is C23H26N2O3S. The lowest BCUT2D eigenvalue weighted by atomic mass is 9.97. The summed E-state index contributed by atoms with van der Waals surface area (Å²) in [5, 5.41) is 0. The van der Waals surface area contributed by atoms with Crippen molar-refractivity contribution in [1.82, 2.24) is 4.57 Å². The fourth-order valence-electron chi connectivity index (χ4n) is 3.54. The molecule has 0 atom stereocenters. The summed E-state index contributed by atoms with van der Waals surface area (Å²) >= 11 is 1.42. The van der Waals surface area contributed by atoms with Crippen molar-refractivity contribution in [1.29, 1.82) is 0 Å². The van der Waals surface area contributed by atoms with E-state index in [0.717, 1.165) is 38.0 Å². The van der Waals surface area contributed by atoms with Crippen molar-refractivity contribution in [2.75, 3.05) is 7.11 Å². The van der Waals surface area contributed by atoms with Crippen LogP contribution in [-0.4, -0.2) is 23.6 Å². The molecule has 0 bridgehead atoms. The van der Waals surface area contributed by atoms with Crippen LogP contribution in [0.5, 0.6) is 0 Å². The van der Waals surface area contributed by atoms with Crippen molar-refractivity contribution in [2.45, 2.75) is 47.6 Å². The number of aryl methyl sites for hydroxylation is 5. The number of carbonyl (C=O) groups excluding carboxylic acids is 2. The highest BCUT2D eigenvalue weighted by Gasteiger charge is 2.14. The lowest BCUT2D eigenvalue weighted by Crippen LogP contribution is -2.23. The molecule has 0 radical (unpaired) electrons. The molecule has 152 valence electrons. The Labute approximate surface area is 174 Å². The van der Waals surface area contributed by atoms with Crippen molar-refractivity contribution in [3.05, 3.63) is 62.4 Å². The number of carbonyl (C=O) groups is 2. The first-order valence-corrected chi connectivity index (χ1v) is 10.3. The highest BCUT2D eigenvalue weighted by atomic mass is 32.1. The second kappa shape index (κ2) is 8.33. The van der Waals surface area contributed by atoms with Crippen molar-refractivity contribution >= 4 is 33.4 Å². The number of esters is 1. The first-order chi connectivity index (χ1) is 13.7. The maximum atomic E-state index is 12.8. The predicted octanol–water partition coefficient (Wildman–Crippen LogP) is 4.09. The van der Waals surface area contributed by atoms with Gasteiger partial charge >= 0.3 is 5.97 Å². The Morgan fingerprint density at radius 2 is 1.59 bits per heavy atom. The maximum absolute atomic E-state index is 12.8. The van der Waals surface area contributed by atoms with Gasteiger partial charge in [0.25, 0.3) is 5.91 Å². The number of thiazole rings is 1. The van der Waals surface area contributed by atoms with Gasteiger partial charge in [0, 0.05) is 0 Å². The molecule has 3 rings (SSSR count). The molecule has 6 heteroatoms. The van der Waals surface area contributed by atoms with E-state index in [4.69, 9.17) is 4.74 Å². The van der Waals surface area contributed by atoms with Crippen LogP contribution in [0.25, 0.3) is 10.2 Å². The SMILES string of the molecule is COC(=O)Cn1c(=NC(=O)Cc2c(C)cc(C)cc2C)sc2cc(C)c(C)cc21. The number of ether oxygens (including phenoxy) is 1. The van der Waals surface area contributed by atoms with E-state index in [1.165, 1.54) is 24.0 Å². The second-order valence-corrected chi connectivity index (χ2v) is 8.52. The summed E-state index contributed by atoms with van der Waals surface area (Å²) in [5.41, 5.74) is 7.55. The molecule has 29 heavy (non-hydrogen) atoms. The van der Waals surface area contributed by atoms with Gasteiger partial charge in [-0.3, -0.25) is 9.59 Å². The number of methoxy groups -OCH3 is 1. The van der Waals surface area contributed by atoms with E-state index >= 15 is 0 Å². The number of amides is 1. The molecule has 1 aromatic heterocycles. The summed E-state index contributed by atoms with van der Waals surface area (Å²) < 4.78 is 7.60. The zero-order valence-electron chi connectivity index (χ0n) is 17.8. The van der Waals surface area contributed by atoms with Gasteiger partial charge < -0.3 is 9.30 Å². The number of fused-ring (bicyclic) bond motifs is 1. The number of benzene rings is 2. The lowest BCUT2D eigenvalue weighted by Gasteiger charge is -2.09. The Kier molecular flexibility index (Phi) is 6.03. The third-order valence-electron chi connectivity index (χ3n) is 5.20. The van der Waals surface area contributed by atoms with Gasteiger partial charge in [-0.1, -0.05) is 29.0 Å². The van der Waals surface area contributed by atoms with Gasteiger partial charge in [-0.05, 0) is 74.6 Å². The minimum absolute atomic E-state index is 0.0215. The van der Waals surface area contributed by atoms with Gasteiger partial charge in [-0.25, -0.2) is 0 Å². The van der Waals surface area contributed by atoms with Crippen LogP contribution >= 0.6 is 11.3 Å². The van der Waals surface area contributed by atoms with E-state index in [0.29, 0.717) is 4.80 Å². The largest absolute Gasteiger partial charge is 0.468 e. The summed E-state index contributed by atoms with van der Waals surface area (Å²) in [5.74, 6) is -0.597. The summed E-state index contributed by atoms with van der Waals surface area (Å²) in [6.07, 6.45) is 0.239. The summed E-state index contributed by atoms with van der Waals surface area (Å²) in [6, 6.07) is 8.26. The molecule has 0 aliphatic heterocycles. The van der Waals surface area contributed by atoms with Crippen LogP contribution in [0.4, 0.5) is 0 Å². The van der Waals surface area contributed by atoms with Crippen LogP contribution in [0, 0.1) is 34.6 Å². The first-order valence-electron chi connectivity index (χ1n) is 9.51. The molecule has 0 N–H and O–H groups in total. The van der Waals surface area contributed by atoms with Gasteiger partial charge in [0.05, 0.1) is 23.7 Å². The van der Waals surface area contributed by atoms with Crippen molar-refractivity contribution < 1.29 is 14.3 Å². The van der Waals surface area contributed by atoms with Gasteiger partial charge in [-0.2, -0.15) is 4.99 Å². The molecular weight excluding hydrogens is 384 g/mol. The molecule has 0 fully saturated rings. The molecule has 3 aromatic rings. The molecule has 1 amide bonds. The molecule has 0 saturated heterocycles. The number of hydrogen-bond donors (Lipinski definition) is 0. The fraction of sp³-hybridized carbons (Fsp3) is 0.348. The average Bonchev–Trinajstić information content (AvgIpc) is 2.94. The van der Waals surface area contributed by atoms with E-state index in [2.05, 4.69) is 23.2 Å². The van der Waals surface area contributed by atoms with Crippen LogP contribution in [0.1, 0.15) is 33.4 Å². The zero-order valence-corrected chi connectivity index (χ0v) is 18.6. The van der Waals surface area contributed by atoms with Crippen molar-refractivity contribution in [3.8, 4) is 0 Å². The lowest BCUT2D eigenvalue weighted by molar-refractivity contribution is -0.141. The minimum Gasteiger partial charge on any atom is -0.468 e. The molecule has 0 unspecified atom stereocenters. The number of nitrogens with zero attached hydrogens (tertiary/aromatic N) is 2. The van der Waals surface area contributed by atoms with Crippen molar-refractivity contribution in [2.24, 2.45) is 4.99 Å². The fourth-order valence-corrected chi connectivity index (χ4v) is 4.67. The Morgan fingerprint density at radius 3 is 2.21 bits per heavy atom. The highest BCUT2D eigenvalue weighted by Crippen LogP contribution is 2.22. The topological polar surface area (TPSA) is 60.7 Å². The molecule has 0 saturated carbocycles.